The van der Waals surface area contributed by atoms with Crippen molar-refractivity contribution >= 4 is 17.8 Å². The summed E-state index contributed by atoms with van der Waals surface area (Å²) in [4.78, 5) is 35.8. The van der Waals surface area contributed by atoms with E-state index in [0.29, 0.717) is 18.0 Å². The molecule has 0 saturated heterocycles. The zero-order chi connectivity index (χ0) is 16.0. The highest BCUT2D eigenvalue weighted by atomic mass is 16.4. The van der Waals surface area contributed by atoms with Crippen LogP contribution in [0.25, 0.3) is 0 Å². The molecule has 21 heavy (non-hydrogen) atoms. The van der Waals surface area contributed by atoms with Gasteiger partial charge in [0.15, 0.2) is 0 Å². The van der Waals surface area contributed by atoms with Crippen LogP contribution in [0.3, 0.4) is 0 Å². The zero-order valence-corrected chi connectivity index (χ0v) is 12.4. The Morgan fingerprint density at radius 1 is 1.14 bits per heavy atom. The minimum atomic E-state index is -1.05. The van der Waals surface area contributed by atoms with E-state index in [-0.39, 0.29) is 23.9 Å². The van der Waals surface area contributed by atoms with Crippen molar-refractivity contribution in [1.82, 2.24) is 10.2 Å². The third kappa shape index (κ3) is 5.25. The van der Waals surface area contributed by atoms with Crippen LogP contribution in [0.15, 0.2) is 24.3 Å². The maximum atomic E-state index is 12.1. The first-order chi connectivity index (χ1) is 9.81. The van der Waals surface area contributed by atoms with Gasteiger partial charge in [-0.1, -0.05) is 13.8 Å². The molecule has 1 aromatic carbocycles. The van der Waals surface area contributed by atoms with Gasteiger partial charge in [0.25, 0.3) is 5.91 Å². The van der Waals surface area contributed by atoms with Gasteiger partial charge in [0.2, 0.25) is 5.91 Å². The molecule has 2 amide bonds. The van der Waals surface area contributed by atoms with E-state index in [9.17, 15) is 14.4 Å². The predicted molar refractivity (Wildman–Crippen MR) is 78.2 cm³/mol. The Hall–Kier alpha value is -2.37. The van der Waals surface area contributed by atoms with Crippen LogP contribution < -0.4 is 5.32 Å². The third-order valence-corrected chi connectivity index (χ3v) is 2.81. The average Bonchev–Trinajstić information content (AvgIpc) is 2.44. The maximum absolute atomic E-state index is 12.1. The minimum Gasteiger partial charge on any atom is -0.478 e. The van der Waals surface area contributed by atoms with E-state index in [1.165, 1.54) is 36.2 Å². The fourth-order valence-corrected chi connectivity index (χ4v) is 1.64. The molecular weight excluding hydrogens is 272 g/mol. The Labute approximate surface area is 123 Å². The first-order valence-electron chi connectivity index (χ1n) is 6.66. The summed E-state index contributed by atoms with van der Waals surface area (Å²) in [6.07, 6.45) is 0. The van der Waals surface area contributed by atoms with Gasteiger partial charge in [0.1, 0.15) is 0 Å². The van der Waals surface area contributed by atoms with Crippen molar-refractivity contribution in [3.63, 3.8) is 0 Å². The largest absolute Gasteiger partial charge is 0.478 e. The smallest absolute Gasteiger partial charge is 0.335 e. The van der Waals surface area contributed by atoms with Crippen molar-refractivity contribution in [3.8, 4) is 0 Å². The molecular formula is C15H20N2O4. The van der Waals surface area contributed by atoms with E-state index in [1.807, 2.05) is 13.8 Å². The van der Waals surface area contributed by atoms with Crippen molar-refractivity contribution in [2.45, 2.75) is 13.8 Å². The second-order valence-electron chi connectivity index (χ2n) is 5.24. The number of hydrogen-bond donors (Lipinski definition) is 2. The van der Waals surface area contributed by atoms with Crippen LogP contribution >= 0.6 is 0 Å². The van der Waals surface area contributed by atoms with E-state index < -0.39 is 5.97 Å². The average molecular weight is 292 g/mol. The molecule has 0 aliphatic rings. The van der Waals surface area contributed by atoms with E-state index in [0.717, 1.165) is 0 Å². The summed E-state index contributed by atoms with van der Waals surface area (Å²) in [7, 11) is 1.53. The van der Waals surface area contributed by atoms with Crippen LogP contribution in [0.1, 0.15) is 34.6 Å². The van der Waals surface area contributed by atoms with Gasteiger partial charge >= 0.3 is 5.97 Å². The van der Waals surface area contributed by atoms with Gasteiger partial charge in [-0.25, -0.2) is 4.79 Å². The quantitative estimate of drug-likeness (QED) is 0.825. The van der Waals surface area contributed by atoms with E-state index in [2.05, 4.69) is 5.32 Å². The first-order valence-corrected chi connectivity index (χ1v) is 6.66. The molecule has 0 atom stereocenters. The second kappa shape index (κ2) is 7.42. The minimum absolute atomic E-state index is 0.0355. The Balaban J connectivity index is 2.61. The van der Waals surface area contributed by atoms with Gasteiger partial charge in [0, 0.05) is 19.2 Å². The lowest BCUT2D eigenvalue weighted by Crippen LogP contribution is -2.39. The lowest BCUT2D eigenvalue weighted by molar-refractivity contribution is -0.121. The van der Waals surface area contributed by atoms with Gasteiger partial charge in [-0.3, -0.25) is 9.59 Å². The molecule has 6 nitrogen and oxygen atoms in total. The lowest BCUT2D eigenvalue weighted by Gasteiger charge is -2.17. The van der Waals surface area contributed by atoms with Crippen molar-refractivity contribution in [2.75, 3.05) is 20.1 Å². The molecule has 1 rings (SSSR count). The maximum Gasteiger partial charge on any atom is 0.335 e. The highest BCUT2D eigenvalue weighted by Gasteiger charge is 2.15. The number of nitrogens with one attached hydrogen (secondary N) is 1. The fourth-order valence-electron chi connectivity index (χ4n) is 1.64. The number of carboxylic acid groups (broad SMARTS) is 1. The summed E-state index contributed by atoms with van der Waals surface area (Å²) < 4.78 is 0. The number of carboxylic acids is 1. The van der Waals surface area contributed by atoms with Crippen LogP contribution in [0.4, 0.5) is 0 Å². The first kappa shape index (κ1) is 16.7. The number of benzene rings is 1. The van der Waals surface area contributed by atoms with Crippen LogP contribution in [-0.2, 0) is 4.79 Å². The molecule has 1 aromatic rings. The molecule has 6 heteroatoms. The SMILES string of the molecule is CC(C)CNC(=O)CN(C)C(=O)c1ccc(C(=O)O)cc1. The topological polar surface area (TPSA) is 86.7 Å². The predicted octanol–water partition coefficient (Wildman–Crippen LogP) is 1.23. The molecule has 0 unspecified atom stereocenters. The van der Waals surface area contributed by atoms with E-state index in [4.69, 9.17) is 5.11 Å². The van der Waals surface area contributed by atoms with Gasteiger partial charge < -0.3 is 15.3 Å². The second-order valence-corrected chi connectivity index (χ2v) is 5.24. The Bertz CT molecular complexity index is 523. The lowest BCUT2D eigenvalue weighted by atomic mass is 10.1. The molecule has 0 aromatic heterocycles. The van der Waals surface area contributed by atoms with Crippen LogP contribution in [0.5, 0.6) is 0 Å². The summed E-state index contributed by atoms with van der Waals surface area (Å²) in [5.74, 6) is -1.25. The molecule has 0 heterocycles. The van der Waals surface area contributed by atoms with E-state index >= 15 is 0 Å². The van der Waals surface area contributed by atoms with Crippen LogP contribution in [0.2, 0.25) is 0 Å². The van der Waals surface area contributed by atoms with Crippen molar-refractivity contribution in [2.24, 2.45) is 5.92 Å². The highest BCUT2D eigenvalue weighted by Crippen LogP contribution is 2.07. The number of nitrogens with zero attached hydrogens (tertiary/aromatic N) is 1. The number of likely N-dealkylation sites (N-methyl/N-ethyl adjacent to an activating group) is 1. The summed E-state index contributed by atoms with van der Waals surface area (Å²) in [6.45, 7) is 4.50. The standard InChI is InChI=1S/C15H20N2O4/c1-10(2)8-16-13(18)9-17(3)14(19)11-4-6-12(7-5-11)15(20)21/h4-7,10H,8-9H2,1-3H3,(H,16,18)(H,20,21). The number of amides is 2. The Morgan fingerprint density at radius 2 is 1.67 bits per heavy atom. The molecule has 0 radical (unpaired) electrons. The molecule has 0 spiro atoms. The molecule has 0 aliphatic carbocycles. The van der Waals surface area contributed by atoms with Crippen LogP contribution in [-0.4, -0.2) is 47.9 Å². The number of aromatic carboxylic acids is 1. The summed E-state index contributed by atoms with van der Waals surface area (Å²) >= 11 is 0. The molecule has 2 N–H and O–H groups in total. The number of carbonyl (C=O) groups is 3. The molecule has 0 saturated carbocycles. The van der Waals surface area contributed by atoms with Gasteiger partial charge in [-0.05, 0) is 30.2 Å². The normalized spacial score (nSPS) is 10.3. The Kier molecular flexibility index (Phi) is 5.90. The summed E-state index contributed by atoms with van der Waals surface area (Å²) in [5.41, 5.74) is 0.461. The molecule has 0 aliphatic heterocycles. The van der Waals surface area contributed by atoms with Gasteiger partial charge in [-0.15, -0.1) is 0 Å². The number of carbonyl (C=O) groups excluding carboxylic acids is 2. The van der Waals surface area contributed by atoms with Gasteiger partial charge in [0.05, 0.1) is 12.1 Å². The van der Waals surface area contributed by atoms with Crippen molar-refractivity contribution in [1.29, 1.82) is 0 Å². The van der Waals surface area contributed by atoms with E-state index in [1.54, 1.807) is 0 Å². The Morgan fingerprint density at radius 3 is 2.14 bits per heavy atom. The monoisotopic (exact) mass is 292 g/mol. The molecule has 0 fully saturated rings. The number of rotatable bonds is 6. The highest BCUT2D eigenvalue weighted by molar-refractivity contribution is 5.97. The van der Waals surface area contributed by atoms with Crippen LogP contribution in [0, 0.1) is 5.92 Å². The molecule has 0 bridgehead atoms. The van der Waals surface area contributed by atoms with Gasteiger partial charge in [-0.2, -0.15) is 0 Å². The zero-order valence-electron chi connectivity index (χ0n) is 12.4. The number of hydrogen-bond acceptors (Lipinski definition) is 3. The fraction of sp³-hybridized carbons (Fsp3) is 0.400. The van der Waals surface area contributed by atoms with Crippen molar-refractivity contribution < 1.29 is 19.5 Å². The molecule has 114 valence electrons. The summed E-state index contributed by atoms with van der Waals surface area (Å²) in [5, 5.41) is 11.5. The summed E-state index contributed by atoms with van der Waals surface area (Å²) in [6, 6.07) is 5.60. The van der Waals surface area contributed by atoms with Crippen molar-refractivity contribution in [3.05, 3.63) is 35.4 Å². The third-order valence-electron chi connectivity index (χ3n) is 2.81.